The van der Waals surface area contributed by atoms with Crippen molar-refractivity contribution in [1.82, 2.24) is 4.90 Å². The van der Waals surface area contributed by atoms with E-state index in [1.807, 2.05) is 0 Å². The van der Waals surface area contributed by atoms with Gasteiger partial charge in [-0.25, -0.2) is 0 Å². The first-order chi connectivity index (χ1) is 9.30. The summed E-state index contributed by atoms with van der Waals surface area (Å²) in [5, 5.41) is 9.14. The number of carboxylic acid groups (broad SMARTS) is 1. The number of amides is 1. The Hall–Kier alpha value is -1.59. The number of esters is 1. The SMILES string of the molecule is COC(=O)[C@H]1CCCN(C(=O)[C@@H]2[C@H](C(=O)O)C2(C)C)C1. The summed E-state index contributed by atoms with van der Waals surface area (Å²) in [6, 6.07) is 0. The van der Waals surface area contributed by atoms with Crippen LogP contribution in [0.1, 0.15) is 26.7 Å². The summed E-state index contributed by atoms with van der Waals surface area (Å²) >= 11 is 0. The number of aliphatic carboxylic acids is 1. The topological polar surface area (TPSA) is 83.9 Å². The number of methoxy groups -OCH3 is 1. The van der Waals surface area contributed by atoms with E-state index in [1.54, 1.807) is 18.7 Å². The van der Waals surface area contributed by atoms with Crippen LogP contribution in [0, 0.1) is 23.2 Å². The molecule has 0 bridgehead atoms. The molecule has 0 radical (unpaired) electrons. The number of hydrogen-bond acceptors (Lipinski definition) is 4. The van der Waals surface area contributed by atoms with Crippen LogP contribution < -0.4 is 0 Å². The smallest absolute Gasteiger partial charge is 0.310 e. The molecule has 20 heavy (non-hydrogen) atoms. The molecule has 2 aliphatic rings. The van der Waals surface area contributed by atoms with Gasteiger partial charge in [-0.15, -0.1) is 0 Å². The molecule has 0 aromatic heterocycles. The first-order valence-electron chi connectivity index (χ1n) is 6.90. The average Bonchev–Trinajstić information content (AvgIpc) is 3.00. The van der Waals surface area contributed by atoms with E-state index in [-0.39, 0.29) is 17.8 Å². The molecule has 1 saturated carbocycles. The van der Waals surface area contributed by atoms with E-state index in [0.29, 0.717) is 19.5 Å². The number of likely N-dealkylation sites (tertiary alicyclic amines) is 1. The third kappa shape index (κ3) is 2.39. The molecule has 0 aromatic rings. The van der Waals surface area contributed by atoms with Crippen molar-refractivity contribution in [2.24, 2.45) is 23.2 Å². The molecule has 1 saturated heterocycles. The monoisotopic (exact) mass is 283 g/mol. The lowest BCUT2D eigenvalue weighted by molar-refractivity contribution is -0.150. The Morgan fingerprint density at radius 3 is 2.40 bits per heavy atom. The predicted octanol–water partition coefficient (Wildman–Crippen LogP) is 0.755. The van der Waals surface area contributed by atoms with Crippen molar-refractivity contribution in [3.63, 3.8) is 0 Å². The molecule has 112 valence electrons. The van der Waals surface area contributed by atoms with Gasteiger partial charge in [-0.3, -0.25) is 14.4 Å². The molecule has 1 N–H and O–H groups in total. The van der Waals surface area contributed by atoms with Gasteiger partial charge in [0.25, 0.3) is 0 Å². The summed E-state index contributed by atoms with van der Waals surface area (Å²) in [6.45, 7) is 4.53. The quantitative estimate of drug-likeness (QED) is 0.773. The normalized spacial score (nSPS) is 31.6. The molecule has 2 rings (SSSR count). The molecule has 2 fully saturated rings. The fraction of sp³-hybridized carbons (Fsp3) is 0.786. The van der Waals surface area contributed by atoms with Gasteiger partial charge < -0.3 is 14.7 Å². The molecule has 6 nitrogen and oxygen atoms in total. The summed E-state index contributed by atoms with van der Waals surface area (Å²) in [4.78, 5) is 36.8. The highest BCUT2D eigenvalue weighted by molar-refractivity contribution is 5.92. The van der Waals surface area contributed by atoms with Gasteiger partial charge in [0.2, 0.25) is 5.91 Å². The van der Waals surface area contributed by atoms with E-state index in [2.05, 4.69) is 0 Å². The standard InChI is InChI=1S/C14H21NO5/c1-14(2)9(10(14)12(17)18)11(16)15-6-4-5-8(7-15)13(19)20-3/h8-10H,4-7H2,1-3H3,(H,17,18)/t8-,9-,10+/m0/s1. The molecule has 1 aliphatic carbocycles. The number of carbonyl (C=O) groups excluding carboxylic acids is 2. The largest absolute Gasteiger partial charge is 0.481 e. The lowest BCUT2D eigenvalue weighted by atomic mass is 9.97. The van der Waals surface area contributed by atoms with Crippen molar-refractivity contribution in [2.45, 2.75) is 26.7 Å². The minimum Gasteiger partial charge on any atom is -0.481 e. The van der Waals surface area contributed by atoms with Crippen LogP contribution in [0.5, 0.6) is 0 Å². The zero-order valence-corrected chi connectivity index (χ0v) is 12.1. The lowest BCUT2D eigenvalue weighted by Gasteiger charge is -2.31. The van der Waals surface area contributed by atoms with E-state index < -0.39 is 23.2 Å². The number of carboxylic acids is 1. The Kier molecular flexibility index (Phi) is 3.75. The van der Waals surface area contributed by atoms with Gasteiger partial charge in [-0.2, -0.15) is 0 Å². The van der Waals surface area contributed by atoms with E-state index in [1.165, 1.54) is 7.11 Å². The van der Waals surface area contributed by atoms with Crippen LogP contribution in [0.3, 0.4) is 0 Å². The Balaban J connectivity index is 2.03. The molecule has 0 spiro atoms. The van der Waals surface area contributed by atoms with E-state index in [0.717, 1.165) is 6.42 Å². The number of nitrogens with zero attached hydrogens (tertiary/aromatic N) is 1. The maximum Gasteiger partial charge on any atom is 0.310 e. The van der Waals surface area contributed by atoms with Gasteiger partial charge in [-0.1, -0.05) is 13.8 Å². The van der Waals surface area contributed by atoms with Crippen molar-refractivity contribution in [3.8, 4) is 0 Å². The fourth-order valence-electron chi connectivity index (χ4n) is 3.29. The molecule has 6 heteroatoms. The Morgan fingerprint density at radius 1 is 1.25 bits per heavy atom. The van der Waals surface area contributed by atoms with Crippen molar-refractivity contribution in [1.29, 1.82) is 0 Å². The van der Waals surface area contributed by atoms with Crippen LogP contribution in [0.25, 0.3) is 0 Å². The lowest BCUT2D eigenvalue weighted by Crippen LogP contribution is -2.44. The predicted molar refractivity (Wildman–Crippen MR) is 69.7 cm³/mol. The van der Waals surface area contributed by atoms with E-state index in [4.69, 9.17) is 9.84 Å². The second kappa shape index (κ2) is 5.07. The zero-order chi connectivity index (χ0) is 15.1. The number of rotatable bonds is 3. The van der Waals surface area contributed by atoms with Crippen molar-refractivity contribution >= 4 is 17.8 Å². The van der Waals surface area contributed by atoms with E-state index in [9.17, 15) is 14.4 Å². The van der Waals surface area contributed by atoms with Gasteiger partial charge in [0.1, 0.15) is 0 Å². The molecular formula is C14H21NO5. The highest BCUT2D eigenvalue weighted by Crippen LogP contribution is 2.59. The first-order valence-corrected chi connectivity index (χ1v) is 6.90. The summed E-state index contributed by atoms with van der Waals surface area (Å²) in [7, 11) is 1.34. The molecule has 3 atom stereocenters. The third-order valence-corrected chi connectivity index (χ3v) is 4.63. The second-order valence-corrected chi connectivity index (χ2v) is 6.26. The molecule has 1 aliphatic heterocycles. The van der Waals surface area contributed by atoms with Crippen LogP contribution in [0.4, 0.5) is 0 Å². The van der Waals surface area contributed by atoms with Crippen molar-refractivity contribution in [2.75, 3.05) is 20.2 Å². The van der Waals surface area contributed by atoms with Crippen LogP contribution in [0.15, 0.2) is 0 Å². The minimum absolute atomic E-state index is 0.143. The third-order valence-electron chi connectivity index (χ3n) is 4.63. The zero-order valence-electron chi connectivity index (χ0n) is 12.1. The van der Waals surface area contributed by atoms with Gasteiger partial charge in [0, 0.05) is 13.1 Å². The van der Waals surface area contributed by atoms with Gasteiger partial charge in [0.15, 0.2) is 0 Å². The van der Waals surface area contributed by atoms with E-state index >= 15 is 0 Å². The fourth-order valence-corrected chi connectivity index (χ4v) is 3.29. The Labute approximate surface area is 118 Å². The first kappa shape index (κ1) is 14.8. The Bertz CT molecular complexity index is 445. The summed E-state index contributed by atoms with van der Waals surface area (Å²) in [5.74, 6) is -2.74. The van der Waals surface area contributed by atoms with Gasteiger partial charge in [0.05, 0.1) is 24.9 Å². The van der Waals surface area contributed by atoms with Crippen molar-refractivity contribution < 1.29 is 24.2 Å². The molecular weight excluding hydrogens is 262 g/mol. The average molecular weight is 283 g/mol. The number of ether oxygens (including phenoxy) is 1. The number of piperidine rings is 1. The van der Waals surface area contributed by atoms with Crippen LogP contribution in [0.2, 0.25) is 0 Å². The maximum atomic E-state index is 12.5. The summed E-state index contributed by atoms with van der Waals surface area (Å²) in [6.07, 6.45) is 1.46. The number of carbonyl (C=O) groups is 3. The van der Waals surface area contributed by atoms with Gasteiger partial charge >= 0.3 is 11.9 Å². The van der Waals surface area contributed by atoms with Crippen LogP contribution in [-0.4, -0.2) is 48.1 Å². The van der Waals surface area contributed by atoms with Crippen LogP contribution >= 0.6 is 0 Å². The number of hydrogen-bond donors (Lipinski definition) is 1. The summed E-state index contributed by atoms with van der Waals surface area (Å²) < 4.78 is 4.72. The van der Waals surface area contributed by atoms with Crippen molar-refractivity contribution in [3.05, 3.63) is 0 Å². The summed E-state index contributed by atoms with van der Waals surface area (Å²) in [5.41, 5.74) is -0.499. The maximum absolute atomic E-state index is 12.5. The molecule has 0 aromatic carbocycles. The molecule has 0 unspecified atom stereocenters. The van der Waals surface area contributed by atoms with Crippen LogP contribution in [-0.2, 0) is 19.1 Å². The Morgan fingerprint density at radius 2 is 1.90 bits per heavy atom. The minimum atomic E-state index is -0.921. The molecule has 1 amide bonds. The van der Waals surface area contributed by atoms with Gasteiger partial charge in [-0.05, 0) is 18.3 Å². The second-order valence-electron chi connectivity index (χ2n) is 6.26. The highest BCUT2D eigenvalue weighted by Gasteiger charge is 2.66. The highest BCUT2D eigenvalue weighted by atomic mass is 16.5. The molecule has 1 heterocycles.